The van der Waals surface area contributed by atoms with Crippen molar-refractivity contribution in [3.63, 3.8) is 0 Å². The van der Waals surface area contributed by atoms with Crippen molar-refractivity contribution in [3.05, 3.63) is 29.8 Å². The van der Waals surface area contributed by atoms with Crippen molar-refractivity contribution in [3.8, 4) is 0 Å². The molecule has 5 heteroatoms. The Morgan fingerprint density at radius 1 is 1.27 bits per heavy atom. The summed E-state index contributed by atoms with van der Waals surface area (Å²) in [5.41, 5.74) is 2.42. The van der Waals surface area contributed by atoms with Gasteiger partial charge in [0.15, 0.2) is 0 Å². The number of anilines is 1. The Kier molecular flexibility index (Phi) is 5.84. The van der Waals surface area contributed by atoms with Crippen molar-refractivity contribution in [1.29, 1.82) is 0 Å². The molecule has 0 spiro atoms. The van der Waals surface area contributed by atoms with Gasteiger partial charge in [0.1, 0.15) is 0 Å². The Hall–Kier alpha value is -1.10. The molecule has 122 valence electrons. The zero-order valence-corrected chi connectivity index (χ0v) is 14.2. The van der Waals surface area contributed by atoms with Gasteiger partial charge in [0, 0.05) is 37.4 Å². The Balaban J connectivity index is 0.00000176. The predicted octanol–water partition coefficient (Wildman–Crippen LogP) is 2.07. The number of carbonyl (C=O) groups is 1. The van der Waals surface area contributed by atoms with Gasteiger partial charge in [-0.05, 0) is 38.3 Å². The van der Waals surface area contributed by atoms with E-state index in [9.17, 15) is 4.79 Å². The lowest BCUT2D eigenvalue weighted by molar-refractivity contribution is -0.121. The highest BCUT2D eigenvalue weighted by molar-refractivity contribution is 5.96. The van der Waals surface area contributed by atoms with Crippen LogP contribution in [0.5, 0.6) is 0 Å². The number of piperazine rings is 1. The molecule has 1 amide bonds. The standard InChI is InChI=1S/C17H25N3O.ClH/c1-13-7-8-15-5-3-4-6-16(15)20(13)17(21)12-19-10-9-18-11-14(19)2;/h3-6,13-14,18H,7-12H2,1-2H3;1H/t13?,14-;/m1./s1. The maximum absolute atomic E-state index is 12.8. The molecule has 0 bridgehead atoms. The predicted molar refractivity (Wildman–Crippen MR) is 92.9 cm³/mol. The van der Waals surface area contributed by atoms with Crippen LogP contribution >= 0.6 is 12.4 Å². The van der Waals surface area contributed by atoms with Crippen LogP contribution in [-0.2, 0) is 11.2 Å². The molecule has 1 aromatic rings. The highest BCUT2D eigenvalue weighted by atomic mass is 35.5. The van der Waals surface area contributed by atoms with E-state index in [0.717, 1.165) is 38.2 Å². The molecule has 2 heterocycles. The zero-order chi connectivity index (χ0) is 14.8. The van der Waals surface area contributed by atoms with Crippen LogP contribution in [0.25, 0.3) is 0 Å². The summed E-state index contributed by atoms with van der Waals surface area (Å²) >= 11 is 0. The van der Waals surface area contributed by atoms with Crippen LogP contribution in [0.1, 0.15) is 25.8 Å². The second kappa shape index (κ2) is 7.44. The third-order valence-corrected chi connectivity index (χ3v) is 4.77. The number of hydrogen-bond donors (Lipinski definition) is 1. The Morgan fingerprint density at radius 2 is 2.05 bits per heavy atom. The monoisotopic (exact) mass is 323 g/mol. The zero-order valence-electron chi connectivity index (χ0n) is 13.4. The van der Waals surface area contributed by atoms with Gasteiger partial charge in [-0.15, -0.1) is 12.4 Å². The van der Waals surface area contributed by atoms with E-state index >= 15 is 0 Å². The first-order chi connectivity index (χ1) is 10.2. The normalized spacial score (nSPS) is 25.3. The lowest BCUT2D eigenvalue weighted by atomic mass is 9.96. The Labute approximate surface area is 139 Å². The van der Waals surface area contributed by atoms with Gasteiger partial charge in [-0.3, -0.25) is 9.69 Å². The van der Waals surface area contributed by atoms with Crippen LogP contribution in [-0.4, -0.2) is 49.1 Å². The van der Waals surface area contributed by atoms with Crippen molar-refractivity contribution in [2.75, 3.05) is 31.1 Å². The summed E-state index contributed by atoms with van der Waals surface area (Å²) in [6, 6.07) is 9.06. The number of fused-ring (bicyclic) bond motifs is 1. The van der Waals surface area contributed by atoms with E-state index in [1.807, 2.05) is 11.0 Å². The molecule has 0 aromatic heterocycles. The summed E-state index contributed by atoms with van der Waals surface area (Å²) in [7, 11) is 0. The molecule has 4 nitrogen and oxygen atoms in total. The first-order valence-electron chi connectivity index (χ1n) is 8.01. The van der Waals surface area contributed by atoms with Crippen molar-refractivity contribution >= 4 is 24.0 Å². The van der Waals surface area contributed by atoms with E-state index in [1.165, 1.54) is 5.56 Å². The first-order valence-corrected chi connectivity index (χ1v) is 8.01. The lowest BCUT2D eigenvalue weighted by Crippen LogP contribution is -2.54. The molecule has 0 radical (unpaired) electrons. The van der Waals surface area contributed by atoms with E-state index < -0.39 is 0 Å². The molecule has 0 saturated carbocycles. The average molecular weight is 324 g/mol. The fourth-order valence-electron chi connectivity index (χ4n) is 3.44. The van der Waals surface area contributed by atoms with E-state index in [4.69, 9.17) is 0 Å². The molecule has 1 fully saturated rings. The van der Waals surface area contributed by atoms with Gasteiger partial charge in [-0.1, -0.05) is 18.2 Å². The molecule has 2 aliphatic heterocycles. The van der Waals surface area contributed by atoms with Gasteiger partial charge in [0.2, 0.25) is 5.91 Å². The summed E-state index contributed by atoms with van der Waals surface area (Å²) in [4.78, 5) is 17.2. The van der Waals surface area contributed by atoms with E-state index in [2.05, 4.69) is 42.3 Å². The van der Waals surface area contributed by atoms with Gasteiger partial charge < -0.3 is 10.2 Å². The summed E-state index contributed by atoms with van der Waals surface area (Å²) in [6.45, 7) is 7.78. The number of halogens is 1. The number of amides is 1. The molecule has 22 heavy (non-hydrogen) atoms. The van der Waals surface area contributed by atoms with Crippen LogP contribution in [0.2, 0.25) is 0 Å². The number of nitrogens with zero attached hydrogens (tertiary/aromatic N) is 2. The highest BCUT2D eigenvalue weighted by Gasteiger charge is 2.30. The second-order valence-corrected chi connectivity index (χ2v) is 6.30. The molecular formula is C17H26ClN3O. The van der Waals surface area contributed by atoms with Crippen molar-refractivity contribution in [2.24, 2.45) is 0 Å². The van der Waals surface area contributed by atoms with Crippen molar-refractivity contribution in [1.82, 2.24) is 10.2 Å². The largest absolute Gasteiger partial charge is 0.314 e. The van der Waals surface area contributed by atoms with Gasteiger partial charge >= 0.3 is 0 Å². The fourth-order valence-corrected chi connectivity index (χ4v) is 3.44. The van der Waals surface area contributed by atoms with Crippen molar-refractivity contribution in [2.45, 2.75) is 38.8 Å². The number of hydrogen-bond acceptors (Lipinski definition) is 3. The number of aryl methyl sites for hydroxylation is 1. The summed E-state index contributed by atoms with van der Waals surface area (Å²) in [5.74, 6) is 0.239. The van der Waals surface area contributed by atoms with Crippen LogP contribution in [0, 0.1) is 0 Å². The molecule has 1 unspecified atom stereocenters. The highest BCUT2D eigenvalue weighted by Crippen LogP contribution is 2.30. The topological polar surface area (TPSA) is 35.6 Å². The molecule has 1 N–H and O–H groups in total. The fraction of sp³-hybridized carbons (Fsp3) is 0.588. The number of carbonyl (C=O) groups excluding carboxylic acids is 1. The first kappa shape index (κ1) is 17.3. The lowest BCUT2D eigenvalue weighted by Gasteiger charge is -2.39. The van der Waals surface area contributed by atoms with Crippen LogP contribution in [0.3, 0.4) is 0 Å². The number of nitrogens with one attached hydrogen (secondary N) is 1. The maximum Gasteiger partial charge on any atom is 0.241 e. The number of benzene rings is 1. The van der Waals surface area contributed by atoms with Gasteiger partial charge in [0.25, 0.3) is 0 Å². The molecule has 2 aliphatic rings. The molecule has 0 aliphatic carbocycles. The summed E-state index contributed by atoms with van der Waals surface area (Å²) in [5, 5.41) is 3.38. The van der Waals surface area contributed by atoms with E-state index in [-0.39, 0.29) is 18.3 Å². The smallest absolute Gasteiger partial charge is 0.241 e. The summed E-state index contributed by atoms with van der Waals surface area (Å²) in [6.07, 6.45) is 2.13. The van der Waals surface area contributed by atoms with Gasteiger partial charge in [0.05, 0.1) is 6.54 Å². The van der Waals surface area contributed by atoms with E-state index in [1.54, 1.807) is 0 Å². The minimum absolute atomic E-state index is 0. The molecule has 1 aromatic carbocycles. The maximum atomic E-state index is 12.8. The van der Waals surface area contributed by atoms with E-state index in [0.29, 0.717) is 18.6 Å². The van der Waals surface area contributed by atoms with Crippen LogP contribution in [0.15, 0.2) is 24.3 Å². The second-order valence-electron chi connectivity index (χ2n) is 6.30. The number of rotatable bonds is 2. The van der Waals surface area contributed by atoms with Gasteiger partial charge in [-0.2, -0.15) is 0 Å². The molecule has 1 saturated heterocycles. The minimum Gasteiger partial charge on any atom is -0.314 e. The third kappa shape index (κ3) is 3.45. The number of para-hydroxylation sites is 1. The molecular weight excluding hydrogens is 298 g/mol. The Morgan fingerprint density at radius 3 is 2.82 bits per heavy atom. The SMILES string of the molecule is CC1CCc2ccccc2N1C(=O)CN1CCNC[C@H]1C.Cl. The third-order valence-electron chi connectivity index (χ3n) is 4.77. The molecule has 2 atom stereocenters. The Bertz CT molecular complexity index is 522. The minimum atomic E-state index is 0. The van der Waals surface area contributed by atoms with Crippen LogP contribution < -0.4 is 10.2 Å². The molecule has 3 rings (SSSR count). The van der Waals surface area contributed by atoms with Crippen molar-refractivity contribution < 1.29 is 4.79 Å². The summed E-state index contributed by atoms with van der Waals surface area (Å²) < 4.78 is 0. The average Bonchev–Trinajstić information content (AvgIpc) is 2.49. The quantitative estimate of drug-likeness (QED) is 0.905. The van der Waals surface area contributed by atoms with Crippen LogP contribution in [0.4, 0.5) is 5.69 Å². The van der Waals surface area contributed by atoms with Gasteiger partial charge in [-0.25, -0.2) is 0 Å².